The van der Waals surface area contributed by atoms with Gasteiger partial charge >= 0.3 is 0 Å². The first-order valence-corrected chi connectivity index (χ1v) is 10.3. The van der Waals surface area contributed by atoms with Crippen LogP contribution >= 0.6 is 27.3 Å². The van der Waals surface area contributed by atoms with Crippen LogP contribution in [0, 0.1) is 0 Å². The number of nitrogens with zero attached hydrogens (tertiary/aromatic N) is 3. The lowest BCUT2D eigenvalue weighted by atomic mass is 10.2. The van der Waals surface area contributed by atoms with Gasteiger partial charge in [-0.3, -0.25) is 9.69 Å². The van der Waals surface area contributed by atoms with Crippen molar-refractivity contribution in [2.45, 2.75) is 6.42 Å². The lowest BCUT2D eigenvalue weighted by Crippen LogP contribution is -2.33. The van der Waals surface area contributed by atoms with Gasteiger partial charge in [0, 0.05) is 16.6 Å². The molecule has 1 aromatic heterocycles. The lowest BCUT2D eigenvalue weighted by molar-refractivity contribution is 0.0985. The molecular weight excluding hydrogens is 426 g/mol. The molecule has 0 radical (unpaired) electrons. The van der Waals surface area contributed by atoms with Crippen molar-refractivity contribution < 1.29 is 9.53 Å². The van der Waals surface area contributed by atoms with Crippen molar-refractivity contribution in [2.75, 3.05) is 39.2 Å². The maximum Gasteiger partial charge on any atom is 0.260 e. The van der Waals surface area contributed by atoms with Crippen LogP contribution in [-0.4, -0.2) is 50.1 Å². The highest BCUT2D eigenvalue weighted by Gasteiger charge is 2.21. The zero-order chi connectivity index (χ0) is 19.4. The van der Waals surface area contributed by atoms with Gasteiger partial charge in [0.1, 0.15) is 5.75 Å². The number of thiazole rings is 1. The molecule has 1 heterocycles. The summed E-state index contributed by atoms with van der Waals surface area (Å²) >= 11 is 5.03. The third-order valence-electron chi connectivity index (χ3n) is 4.12. The highest BCUT2D eigenvalue weighted by Crippen LogP contribution is 2.32. The maximum atomic E-state index is 13.2. The Hall–Kier alpha value is -1.96. The predicted molar refractivity (Wildman–Crippen MR) is 115 cm³/mol. The fourth-order valence-electron chi connectivity index (χ4n) is 2.74. The van der Waals surface area contributed by atoms with Gasteiger partial charge in [-0.25, -0.2) is 4.98 Å². The second-order valence-electron chi connectivity index (χ2n) is 6.45. The van der Waals surface area contributed by atoms with E-state index in [0.717, 1.165) is 32.8 Å². The molecule has 3 aromatic rings. The summed E-state index contributed by atoms with van der Waals surface area (Å²) < 4.78 is 7.32. The van der Waals surface area contributed by atoms with Gasteiger partial charge in [0.25, 0.3) is 5.91 Å². The minimum Gasteiger partial charge on any atom is -0.497 e. The number of carbonyl (C=O) groups excluding carboxylic acids is 1. The number of carbonyl (C=O) groups is 1. The number of rotatable bonds is 7. The lowest BCUT2D eigenvalue weighted by Gasteiger charge is -2.21. The summed E-state index contributed by atoms with van der Waals surface area (Å²) in [5.41, 5.74) is 1.49. The zero-order valence-electron chi connectivity index (χ0n) is 15.6. The van der Waals surface area contributed by atoms with Crippen LogP contribution < -0.4 is 9.64 Å². The zero-order valence-corrected chi connectivity index (χ0v) is 18.0. The first-order valence-electron chi connectivity index (χ1n) is 8.64. The summed E-state index contributed by atoms with van der Waals surface area (Å²) in [7, 11) is 5.66. The molecule has 0 bridgehead atoms. The first-order chi connectivity index (χ1) is 13.0. The van der Waals surface area contributed by atoms with Crippen LogP contribution in [0.4, 0.5) is 5.13 Å². The van der Waals surface area contributed by atoms with E-state index in [1.54, 1.807) is 18.1 Å². The van der Waals surface area contributed by atoms with E-state index in [9.17, 15) is 4.79 Å². The molecule has 3 rings (SSSR count). The predicted octanol–water partition coefficient (Wildman–Crippen LogP) is 4.67. The highest BCUT2D eigenvalue weighted by molar-refractivity contribution is 9.10. The Kier molecular flexibility index (Phi) is 6.46. The van der Waals surface area contributed by atoms with Gasteiger partial charge < -0.3 is 9.64 Å². The van der Waals surface area contributed by atoms with E-state index in [-0.39, 0.29) is 5.91 Å². The van der Waals surface area contributed by atoms with Crippen molar-refractivity contribution in [3.8, 4) is 5.75 Å². The van der Waals surface area contributed by atoms with E-state index < -0.39 is 0 Å². The van der Waals surface area contributed by atoms with Gasteiger partial charge in [-0.05, 0) is 63.5 Å². The average Bonchev–Trinajstić information content (AvgIpc) is 3.07. The molecule has 5 nitrogen and oxygen atoms in total. The number of benzene rings is 2. The van der Waals surface area contributed by atoms with Crippen molar-refractivity contribution in [1.29, 1.82) is 0 Å². The van der Waals surface area contributed by atoms with Crippen molar-refractivity contribution in [3.63, 3.8) is 0 Å². The Labute approximate surface area is 171 Å². The Morgan fingerprint density at radius 2 is 2.00 bits per heavy atom. The molecule has 0 saturated heterocycles. The van der Waals surface area contributed by atoms with E-state index in [4.69, 9.17) is 9.72 Å². The van der Waals surface area contributed by atoms with Gasteiger partial charge in [0.2, 0.25) is 0 Å². The summed E-state index contributed by atoms with van der Waals surface area (Å²) in [6.07, 6.45) is 0.863. The molecular formula is C20H22BrN3O2S. The molecule has 0 fully saturated rings. The minimum atomic E-state index is -0.0641. The molecule has 1 amide bonds. The number of hydrogen-bond donors (Lipinski definition) is 0. The largest absolute Gasteiger partial charge is 0.497 e. The molecule has 142 valence electrons. The number of aromatic nitrogens is 1. The molecule has 7 heteroatoms. The van der Waals surface area contributed by atoms with E-state index >= 15 is 0 Å². The first kappa shape index (κ1) is 19.8. The molecule has 27 heavy (non-hydrogen) atoms. The third-order valence-corrected chi connectivity index (χ3v) is 5.65. The Balaban J connectivity index is 1.94. The number of amides is 1. The molecule has 0 spiro atoms. The van der Waals surface area contributed by atoms with Crippen molar-refractivity contribution in [2.24, 2.45) is 0 Å². The fourth-order valence-corrected chi connectivity index (χ4v) is 4.28. The number of fused-ring (bicyclic) bond motifs is 1. The smallest absolute Gasteiger partial charge is 0.260 e. The van der Waals surface area contributed by atoms with Crippen molar-refractivity contribution in [3.05, 3.63) is 52.5 Å². The van der Waals surface area contributed by atoms with Crippen molar-refractivity contribution >= 4 is 48.5 Å². The molecule has 0 N–H and O–H groups in total. The van der Waals surface area contributed by atoms with Crippen LogP contribution in [0.2, 0.25) is 0 Å². The molecule has 0 aliphatic heterocycles. The molecule has 2 aromatic carbocycles. The van der Waals surface area contributed by atoms with Crippen LogP contribution in [0.1, 0.15) is 16.8 Å². The van der Waals surface area contributed by atoms with Crippen LogP contribution in [0.5, 0.6) is 5.75 Å². The van der Waals surface area contributed by atoms with E-state index in [0.29, 0.717) is 17.9 Å². The number of halogens is 1. The summed E-state index contributed by atoms with van der Waals surface area (Å²) in [6, 6.07) is 13.2. The number of hydrogen-bond acceptors (Lipinski definition) is 5. The number of ether oxygens (including phenoxy) is 1. The standard InChI is InChI=1S/C20H22BrN3O2S/c1-23(2)10-5-11-24(19(25)14-6-4-7-16(12-14)26-3)20-22-17-9-8-15(21)13-18(17)27-20/h4,6-9,12-13H,5,10-11H2,1-3H3. The monoisotopic (exact) mass is 447 g/mol. The Bertz CT molecular complexity index is 942. The van der Waals surface area contributed by atoms with Crippen LogP contribution in [0.3, 0.4) is 0 Å². The molecule has 0 saturated carbocycles. The normalized spacial score (nSPS) is 11.1. The third kappa shape index (κ3) is 4.86. The Morgan fingerprint density at radius 1 is 1.19 bits per heavy atom. The summed E-state index contributed by atoms with van der Waals surface area (Å²) in [5, 5.41) is 0.717. The number of methoxy groups -OCH3 is 1. The second kappa shape index (κ2) is 8.82. The highest BCUT2D eigenvalue weighted by atomic mass is 79.9. The fraction of sp³-hybridized carbons (Fsp3) is 0.300. The van der Waals surface area contributed by atoms with E-state index in [2.05, 4.69) is 20.8 Å². The van der Waals surface area contributed by atoms with Crippen LogP contribution in [0.25, 0.3) is 10.2 Å². The minimum absolute atomic E-state index is 0.0641. The van der Waals surface area contributed by atoms with Gasteiger partial charge in [0.05, 0.1) is 17.3 Å². The summed E-state index contributed by atoms with van der Waals surface area (Å²) in [4.78, 5) is 21.8. The van der Waals surface area contributed by atoms with Gasteiger partial charge in [-0.2, -0.15) is 0 Å². The number of anilines is 1. The van der Waals surface area contributed by atoms with E-state index in [1.807, 2.05) is 50.5 Å². The summed E-state index contributed by atoms with van der Waals surface area (Å²) in [5.74, 6) is 0.605. The second-order valence-corrected chi connectivity index (χ2v) is 8.38. The van der Waals surface area contributed by atoms with Gasteiger partial charge in [-0.15, -0.1) is 0 Å². The molecule has 0 atom stereocenters. The summed E-state index contributed by atoms with van der Waals surface area (Å²) in [6.45, 7) is 1.51. The SMILES string of the molecule is COc1cccc(C(=O)N(CCCN(C)C)c2nc3ccc(Br)cc3s2)c1. The quantitative estimate of drug-likeness (QED) is 0.527. The van der Waals surface area contributed by atoms with Crippen LogP contribution in [-0.2, 0) is 0 Å². The topological polar surface area (TPSA) is 45.7 Å². The molecule has 0 unspecified atom stereocenters. The molecule has 0 aliphatic carbocycles. The van der Waals surface area contributed by atoms with Gasteiger partial charge in [0.15, 0.2) is 5.13 Å². The molecule has 0 aliphatic rings. The Morgan fingerprint density at radius 3 is 2.74 bits per heavy atom. The van der Waals surface area contributed by atoms with Crippen molar-refractivity contribution in [1.82, 2.24) is 9.88 Å². The maximum absolute atomic E-state index is 13.2. The van der Waals surface area contributed by atoms with Crippen LogP contribution in [0.15, 0.2) is 46.9 Å². The van der Waals surface area contributed by atoms with Gasteiger partial charge in [-0.1, -0.05) is 33.3 Å². The van der Waals surface area contributed by atoms with E-state index in [1.165, 1.54) is 11.3 Å². The average molecular weight is 448 g/mol.